The lowest BCUT2D eigenvalue weighted by atomic mass is 9.63. The third-order valence-electron chi connectivity index (χ3n) is 5.88. The Balaban J connectivity index is 1.53. The van der Waals surface area contributed by atoms with Crippen molar-refractivity contribution in [2.45, 2.75) is 25.8 Å². The Morgan fingerprint density at radius 2 is 1.78 bits per heavy atom. The van der Waals surface area contributed by atoms with Gasteiger partial charge in [0.15, 0.2) is 0 Å². The van der Waals surface area contributed by atoms with Crippen LogP contribution in [0.2, 0.25) is 0 Å². The number of anilines is 1. The number of nitrogens with zero attached hydrogens (tertiary/aromatic N) is 2. The molecule has 140 valence electrons. The van der Waals surface area contributed by atoms with Crippen molar-refractivity contribution in [3.8, 4) is 0 Å². The van der Waals surface area contributed by atoms with Gasteiger partial charge in [0.2, 0.25) is 17.7 Å². The predicted molar refractivity (Wildman–Crippen MR) is 95.4 cm³/mol. The van der Waals surface area contributed by atoms with Crippen LogP contribution in [0.1, 0.15) is 19.8 Å². The molecule has 5 rings (SSSR count). The molecule has 3 amide bonds. The number of carbonyl (C=O) groups excluding carboxylic acids is 3. The minimum Gasteiger partial charge on any atom is -0.324 e. The Morgan fingerprint density at radius 3 is 2.30 bits per heavy atom. The second kappa shape index (κ2) is 6.29. The van der Waals surface area contributed by atoms with Crippen LogP contribution in [0.5, 0.6) is 0 Å². The Kier molecular flexibility index (Phi) is 4.05. The standard InChI is InChI=1S/C19H19N3O5/c1-10(17(23)20-13-3-2-4-14(9-13)22(26)27)21-18(24)15-11-5-6-12(8-7-11)16(15)19(21)25/h2-6,9-12,15-16H,7-8H2,1H3,(H,20,23)/t10-,11-,12-,15-,16+/m0/s1. The number of nitro benzene ring substituents is 1. The number of rotatable bonds is 4. The molecule has 1 saturated carbocycles. The summed E-state index contributed by atoms with van der Waals surface area (Å²) in [7, 11) is 0. The third kappa shape index (κ3) is 2.72. The molecule has 8 heteroatoms. The molecule has 3 aliphatic carbocycles. The summed E-state index contributed by atoms with van der Waals surface area (Å²) in [5.41, 5.74) is 0.0988. The van der Waals surface area contributed by atoms with Crippen molar-refractivity contribution in [1.82, 2.24) is 4.90 Å². The average Bonchev–Trinajstić information content (AvgIpc) is 2.95. The van der Waals surface area contributed by atoms with Crippen molar-refractivity contribution in [2.24, 2.45) is 23.7 Å². The lowest BCUT2D eigenvalue weighted by Gasteiger charge is -2.38. The maximum atomic E-state index is 12.9. The lowest BCUT2D eigenvalue weighted by Crippen LogP contribution is -2.46. The molecular formula is C19H19N3O5. The van der Waals surface area contributed by atoms with Gasteiger partial charge in [0.1, 0.15) is 6.04 Å². The fourth-order valence-electron chi connectivity index (χ4n) is 4.54. The Labute approximate surface area is 155 Å². The van der Waals surface area contributed by atoms with Crippen LogP contribution >= 0.6 is 0 Å². The van der Waals surface area contributed by atoms with Crippen LogP contribution < -0.4 is 5.32 Å². The van der Waals surface area contributed by atoms with Crippen LogP contribution in [0.25, 0.3) is 0 Å². The molecule has 0 unspecified atom stereocenters. The number of nitro groups is 1. The number of fused-ring (bicyclic) bond motifs is 1. The molecule has 0 aromatic heterocycles. The van der Waals surface area contributed by atoms with Crippen LogP contribution in [0.4, 0.5) is 11.4 Å². The summed E-state index contributed by atoms with van der Waals surface area (Å²) in [5, 5.41) is 13.4. The zero-order valence-electron chi connectivity index (χ0n) is 14.7. The van der Waals surface area contributed by atoms with Crippen LogP contribution in [-0.2, 0) is 14.4 Å². The molecule has 8 nitrogen and oxygen atoms in total. The van der Waals surface area contributed by atoms with Crippen LogP contribution in [-0.4, -0.2) is 33.6 Å². The van der Waals surface area contributed by atoms with Gasteiger partial charge in [-0.15, -0.1) is 0 Å². The number of carbonyl (C=O) groups is 3. The normalized spacial score (nSPS) is 29.6. The Hall–Kier alpha value is -3.03. The molecule has 2 bridgehead atoms. The smallest absolute Gasteiger partial charge is 0.271 e. The summed E-state index contributed by atoms with van der Waals surface area (Å²) in [6.45, 7) is 1.51. The molecule has 27 heavy (non-hydrogen) atoms. The maximum absolute atomic E-state index is 12.9. The van der Waals surface area contributed by atoms with E-state index in [2.05, 4.69) is 5.32 Å². The number of allylic oxidation sites excluding steroid dienone is 2. The lowest BCUT2D eigenvalue weighted by molar-refractivity contribution is -0.384. The van der Waals surface area contributed by atoms with Gasteiger partial charge in [-0.3, -0.25) is 29.4 Å². The predicted octanol–water partition coefficient (Wildman–Crippen LogP) is 2.12. The highest BCUT2D eigenvalue weighted by atomic mass is 16.6. The second-order valence-corrected chi connectivity index (χ2v) is 7.36. The van der Waals surface area contributed by atoms with Crippen molar-refractivity contribution in [1.29, 1.82) is 0 Å². The van der Waals surface area contributed by atoms with E-state index in [1.54, 1.807) is 0 Å². The summed E-state index contributed by atoms with van der Waals surface area (Å²) in [4.78, 5) is 49.8. The minimum absolute atomic E-state index is 0.0634. The van der Waals surface area contributed by atoms with E-state index in [4.69, 9.17) is 0 Å². The highest BCUT2D eigenvalue weighted by molar-refractivity contribution is 6.10. The van der Waals surface area contributed by atoms with Gasteiger partial charge in [-0.05, 0) is 37.7 Å². The van der Waals surface area contributed by atoms with Gasteiger partial charge in [-0.1, -0.05) is 18.2 Å². The molecule has 0 radical (unpaired) electrons. The van der Waals surface area contributed by atoms with E-state index in [0.717, 1.165) is 17.7 Å². The van der Waals surface area contributed by atoms with Crippen LogP contribution in [0, 0.1) is 33.8 Å². The van der Waals surface area contributed by atoms with Crippen molar-refractivity contribution < 1.29 is 19.3 Å². The van der Waals surface area contributed by atoms with Crippen LogP contribution in [0.15, 0.2) is 36.4 Å². The van der Waals surface area contributed by atoms with E-state index >= 15 is 0 Å². The topological polar surface area (TPSA) is 110 Å². The first-order chi connectivity index (χ1) is 12.9. The number of nitrogens with one attached hydrogen (secondary N) is 1. The van der Waals surface area contributed by atoms with Gasteiger partial charge in [-0.25, -0.2) is 0 Å². The molecule has 1 aromatic rings. The summed E-state index contributed by atoms with van der Waals surface area (Å²) in [6, 6.07) is 4.56. The molecule has 1 aromatic carbocycles. The van der Waals surface area contributed by atoms with Crippen molar-refractivity contribution >= 4 is 29.1 Å². The van der Waals surface area contributed by atoms with E-state index < -0.39 is 16.9 Å². The fraction of sp³-hybridized carbons (Fsp3) is 0.421. The summed E-state index contributed by atoms with van der Waals surface area (Å²) < 4.78 is 0. The second-order valence-electron chi connectivity index (χ2n) is 7.36. The average molecular weight is 369 g/mol. The largest absolute Gasteiger partial charge is 0.324 e. The summed E-state index contributed by atoms with van der Waals surface area (Å²) in [6.07, 6.45) is 5.84. The number of likely N-dealkylation sites (tertiary alicyclic amines) is 1. The Morgan fingerprint density at radius 1 is 1.19 bits per heavy atom. The molecule has 0 spiro atoms. The number of hydrogen-bond acceptors (Lipinski definition) is 5. The number of amides is 3. The number of imide groups is 1. The molecule has 2 fully saturated rings. The highest BCUT2D eigenvalue weighted by Crippen LogP contribution is 2.49. The quantitative estimate of drug-likeness (QED) is 0.378. The molecule has 5 atom stereocenters. The monoisotopic (exact) mass is 369 g/mol. The first kappa shape index (κ1) is 17.4. The van der Waals surface area contributed by atoms with Gasteiger partial charge in [0, 0.05) is 17.8 Å². The van der Waals surface area contributed by atoms with Crippen molar-refractivity contribution in [2.75, 3.05) is 5.32 Å². The van der Waals surface area contributed by atoms with Gasteiger partial charge in [0.05, 0.1) is 16.8 Å². The zero-order chi connectivity index (χ0) is 19.3. The summed E-state index contributed by atoms with van der Waals surface area (Å²) >= 11 is 0. The van der Waals surface area contributed by atoms with E-state index in [9.17, 15) is 24.5 Å². The van der Waals surface area contributed by atoms with Crippen molar-refractivity contribution in [3.63, 3.8) is 0 Å². The van der Waals surface area contributed by atoms with Gasteiger partial charge >= 0.3 is 0 Å². The zero-order valence-corrected chi connectivity index (χ0v) is 14.7. The number of non-ortho nitro benzene ring substituents is 1. The first-order valence-electron chi connectivity index (χ1n) is 8.99. The first-order valence-corrected chi connectivity index (χ1v) is 8.99. The minimum atomic E-state index is -0.978. The molecule has 1 aliphatic heterocycles. The molecule has 1 heterocycles. The van der Waals surface area contributed by atoms with Crippen LogP contribution in [0.3, 0.4) is 0 Å². The van der Waals surface area contributed by atoms with E-state index in [1.807, 2.05) is 12.2 Å². The molecular weight excluding hydrogens is 350 g/mol. The van der Waals surface area contributed by atoms with E-state index in [-0.39, 0.29) is 46.9 Å². The van der Waals surface area contributed by atoms with E-state index in [0.29, 0.717) is 0 Å². The number of benzene rings is 1. The highest BCUT2D eigenvalue weighted by Gasteiger charge is 2.58. The van der Waals surface area contributed by atoms with Crippen molar-refractivity contribution in [3.05, 3.63) is 46.5 Å². The van der Waals surface area contributed by atoms with Gasteiger partial charge < -0.3 is 5.32 Å². The molecule has 4 aliphatic rings. The summed E-state index contributed by atoms with van der Waals surface area (Å²) in [5.74, 6) is -1.72. The number of hydrogen-bond donors (Lipinski definition) is 1. The Bertz CT molecular complexity index is 848. The van der Waals surface area contributed by atoms with E-state index in [1.165, 1.54) is 31.2 Å². The van der Waals surface area contributed by atoms with Gasteiger partial charge in [0.25, 0.3) is 5.69 Å². The van der Waals surface area contributed by atoms with Gasteiger partial charge in [-0.2, -0.15) is 0 Å². The molecule has 1 saturated heterocycles. The SMILES string of the molecule is C[C@@H](C(=O)Nc1cccc([N+](=O)[O-])c1)N1C(=O)[C@@H]2[C@H](C1=O)[C@H]1C=C[C@H]2CC1. The third-order valence-corrected chi connectivity index (χ3v) is 5.88. The fourth-order valence-corrected chi connectivity index (χ4v) is 4.54. The molecule has 1 N–H and O–H groups in total. The maximum Gasteiger partial charge on any atom is 0.271 e.